The lowest BCUT2D eigenvalue weighted by Crippen LogP contribution is -2.22. The van der Waals surface area contributed by atoms with Gasteiger partial charge in [-0.25, -0.2) is 0 Å². The van der Waals surface area contributed by atoms with Crippen molar-refractivity contribution in [3.63, 3.8) is 0 Å². The van der Waals surface area contributed by atoms with E-state index < -0.39 is 0 Å². The first-order chi connectivity index (χ1) is 12.2. The van der Waals surface area contributed by atoms with Gasteiger partial charge in [0.2, 0.25) is 0 Å². The van der Waals surface area contributed by atoms with Crippen LogP contribution in [0.1, 0.15) is 25.0 Å². The van der Waals surface area contributed by atoms with Crippen molar-refractivity contribution in [2.45, 2.75) is 32.2 Å². The zero-order valence-corrected chi connectivity index (χ0v) is 15.1. The van der Waals surface area contributed by atoms with E-state index in [-0.39, 0.29) is 5.56 Å². The molecule has 3 N–H and O–H groups in total. The summed E-state index contributed by atoms with van der Waals surface area (Å²) in [4.78, 5) is 13.1. The Labute approximate surface area is 150 Å². The Morgan fingerprint density at radius 1 is 1.32 bits per heavy atom. The molecule has 6 nitrogen and oxygen atoms in total. The van der Waals surface area contributed by atoms with Gasteiger partial charge < -0.3 is 15.0 Å². The Hall–Kier alpha value is -1.89. The summed E-state index contributed by atoms with van der Waals surface area (Å²) in [6, 6.07) is 5.54. The fourth-order valence-corrected chi connectivity index (χ4v) is 3.35. The molecule has 134 valence electrons. The number of ether oxygens (including phenoxy) is 1. The topological polar surface area (TPSA) is 85.9 Å². The second kappa shape index (κ2) is 7.99. The summed E-state index contributed by atoms with van der Waals surface area (Å²) in [5, 5.41) is 9.64. The second-order valence-corrected chi connectivity index (χ2v) is 6.57. The molecule has 0 bridgehead atoms. The average molecular weight is 363 g/mol. The molecule has 0 saturated heterocycles. The molecule has 3 aromatic rings. The molecule has 0 spiro atoms. The minimum Gasteiger partial charge on any atom is -0.385 e. The van der Waals surface area contributed by atoms with Gasteiger partial charge >= 0.3 is 0 Å². The summed E-state index contributed by atoms with van der Waals surface area (Å²) in [6.45, 7) is 1.83. The number of nitrogens with one attached hydrogen (secondary N) is 1. The van der Waals surface area contributed by atoms with Crippen LogP contribution in [-0.2, 0) is 17.7 Å². The Morgan fingerprint density at radius 3 is 2.92 bits per heavy atom. The summed E-state index contributed by atoms with van der Waals surface area (Å²) >= 11 is 6.18. The molecule has 0 aliphatic rings. The van der Waals surface area contributed by atoms with E-state index >= 15 is 0 Å². The summed E-state index contributed by atoms with van der Waals surface area (Å²) in [6.07, 6.45) is 3.38. The number of fused-ring (bicyclic) bond motifs is 3. The first-order valence-electron chi connectivity index (χ1n) is 8.55. The molecule has 0 saturated carbocycles. The molecular weight excluding hydrogens is 340 g/mol. The number of halogens is 1. The zero-order valence-electron chi connectivity index (χ0n) is 14.3. The predicted molar refractivity (Wildman–Crippen MR) is 101 cm³/mol. The first-order valence-corrected chi connectivity index (χ1v) is 8.93. The van der Waals surface area contributed by atoms with E-state index in [0.29, 0.717) is 35.6 Å². The average Bonchev–Trinajstić information content (AvgIpc) is 3.03. The second-order valence-electron chi connectivity index (χ2n) is 6.14. The van der Waals surface area contributed by atoms with E-state index in [1.807, 2.05) is 12.1 Å². The number of nitrogens with two attached hydrogens (primary N) is 1. The molecule has 2 heterocycles. The Balaban J connectivity index is 2.14. The number of unbranched alkanes of at least 4 members (excludes halogenated alkanes) is 1. The SMILES string of the molecule is COCCCCc1[nH]nc2c1c(=O)n(CCCN)c1ccc(Cl)cc21. The third kappa shape index (κ3) is 3.56. The van der Waals surface area contributed by atoms with Gasteiger partial charge in [-0.3, -0.25) is 9.89 Å². The number of H-pyrrole nitrogens is 1. The molecule has 0 amide bonds. The van der Waals surface area contributed by atoms with Gasteiger partial charge in [0.05, 0.1) is 10.9 Å². The minimum atomic E-state index is -0.0197. The molecule has 2 aromatic heterocycles. The largest absolute Gasteiger partial charge is 0.385 e. The fourth-order valence-electron chi connectivity index (χ4n) is 3.18. The molecule has 0 atom stereocenters. The van der Waals surface area contributed by atoms with Crippen LogP contribution in [0.3, 0.4) is 0 Å². The van der Waals surface area contributed by atoms with Crippen LogP contribution in [0.4, 0.5) is 0 Å². The zero-order chi connectivity index (χ0) is 17.8. The third-order valence-electron chi connectivity index (χ3n) is 4.42. The maximum atomic E-state index is 13.1. The van der Waals surface area contributed by atoms with Crippen molar-refractivity contribution in [3.8, 4) is 0 Å². The van der Waals surface area contributed by atoms with Crippen molar-refractivity contribution in [1.82, 2.24) is 14.8 Å². The molecule has 0 fully saturated rings. The monoisotopic (exact) mass is 362 g/mol. The number of aromatic amines is 1. The first kappa shape index (κ1) is 17.9. The van der Waals surface area contributed by atoms with Crippen LogP contribution in [0.2, 0.25) is 5.02 Å². The molecule has 0 unspecified atom stereocenters. The van der Waals surface area contributed by atoms with E-state index in [4.69, 9.17) is 22.1 Å². The predicted octanol–water partition coefficient (Wildman–Crippen LogP) is 2.85. The molecule has 0 aliphatic carbocycles. The number of nitrogens with zero attached hydrogens (tertiary/aromatic N) is 2. The van der Waals surface area contributed by atoms with Crippen LogP contribution in [0.5, 0.6) is 0 Å². The van der Waals surface area contributed by atoms with Crippen molar-refractivity contribution in [3.05, 3.63) is 39.3 Å². The van der Waals surface area contributed by atoms with Crippen LogP contribution in [-0.4, -0.2) is 35.0 Å². The number of benzene rings is 1. The van der Waals surface area contributed by atoms with Gasteiger partial charge in [0.15, 0.2) is 0 Å². The molecule has 1 aromatic carbocycles. The number of rotatable bonds is 8. The maximum absolute atomic E-state index is 13.1. The Bertz CT molecular complexity index is 932. The standard InChI is InChI=1S/C18H23ClN4O2/c1-25-10-3-2-5-14-16-17(22-21-14)13-11-12(19)6-7-15(13)23(18(16)24)9-4-8-20/h6-7,11H,2-5,8-10,20H2,1H3,(H,21,22). The molecule has 0 radical (unpaired) electrons. The quantitative estimate of drug-likeness (QED) is 0.603. The summed E-state index contributed by atoms with van der Waals surface area (Å²) in [5.41, 5.74) is 8.03. The van der Waals surface area contributed by atoms with Gasteiger partial charge in [-0.1, -0.05) is 11.6 Å². The van der Waals surface area contributed by atoms with E-state index in [1.54, 1.807) is 17.7 Å². The van der Waals surface area contributed by atoms with Crippen molar-refractivity contribution >= 4 is 33.4 Å². The van der Waals surface area contributed by atoms with Gasteiger partial charge in [-0.2, -0.15) is 5.10 Å². The molecule has 7 heteroatoms. The fraction of sp³-hybridized carbons (Fsp3) is 0.444. The van der Waals surface area contributed by atoms with E-state index in [9.17, 15) is 4.79 Å². The summed E-state index contributed by atoms with van der Waals surface area (Å²) < 4.78 is 6.88. The highest BCUT2D eigenvalue weighted by Crippen LogP contribution is 2.26. The lowest BCUT2D eigenvalue weighted by molar-refractivity contribution is 0.193. The number of methoxy groups -OCH3 is 1. The van der Waals surface area contributed by atoms with Crippen molar-refractivity contribution in [1.29, 1.82) is 0 Å². The summed E-state index contributed by atoms with van der Waals surface area (Å²) in [5.74, 6) is 0. The number of hydrogen-bond acceptors (Lipinski definition) is 4. The van der Waals surface area contributed by atoms with Crippen molar-refractivity contribution in [2.24, 2.45) is 5.73 Å². The summed E-state index contributed by atoms with van der Waals surface area (Å²) in [7, 11) is 1.69. The van der Waals surface area contributed by atoms with Gasteiger partial charge in [0, 0.05) is 36.4 Å². The third-order valence-corrected chi connectivity index (χ3v) is 4.65. The maximum Gasteiger partial charge on any atom is 0.262 e. The lowest BCUT2D eigenvalue weighted by atomic mass is 10.1. The van der Waals surface area contributed by atoms with Crippen LogP contribution >= 0.6 is 11.6 Å². The number of pyridine rings is 1. The molecule has 3 rings (SSSR count). The van der Waals surface area contributed by atoms with Crippen molar-refractivity contribution < 1.29 is 4.74 Å². The van der Waals surface area contributed by atoms with Gasteiger partial charge in [-0.05, 0) is 50.4 Å². The van der Waals surface area contributed by atoms with Gasteiger partial charge in [0.1, 0.15) is 5.52 Å². The van der Waals surface area contributed by atoms with E-state index in [2.05, 4.69) is 10.2 Å². The van der Waals surface area contributed by atoms with Gasteiger partial charge in [-0.15, -0.1) is 0 Å². The highest BCUT2D eigenvalue weighted by atomic mass is 35.5. The van der Waals surface area contributed by atoms with Crippen LogP contribution in [0.25, 0.3) is 21.8 Å². The molecule has 25 heavy (non-hydrogen) atoms. The van der Waals surface area contributed by atoms with Gasteiger partial charge in [0.25, 0.3) is 5.56 Å². The van der Waals surface area contributed by atoms with Crippen molar-refractivity contribution in [2.75, 3.05) is 20.3 Å². The Morgan fingerprint density at radius 2 is 2.16 bits per heavy atom. The molecule has 0 aliphatic heterocycles. The van der Waals surface area contributed by atoms with Crippen LogP contribution < -0.4 is 11.3 Å². The number of hydrogen-bond donors (Lipinski definition) is 2. The van der Waals surface area contributed by atoms with E-state index in [1.165, 1.54) is 0 Å². The lowest BCUT2D eigenvalue weighted by Gasteiger charge is -2.11. The highest BCUT2D eigenvalue weighted by Gasteiger charge is 2.17. The normalized spacial score (nSPS) is 11.6. The van der Waals surface area contributed by atoms with Crippen LogP contribution in [0, 0.1) is 0 Å². The number of aryl methyl sites for hydroxylation is 2. The molecular formula is C18H23ClN4O2. The van der Waals surface area contributed by atoms with E-state index in [0.717, 1.165) is 42.3 Å². The van der Waals surface area contributed by atoms with Crippen LogP contribution in [0.15, 0.2) is 23.0 Å². The highest BCUT2D eigenvalue weighted by molar-refractivity contribution is 6.31. The Kier molecular flexibility index (Phi) is 5.73. The number of aromatic nitrogens is 3. The minimum absolute atomic E-state index is 0.0197. The smallest absolute Gasteiger partial charge is 0.262 e.